The average molecular weight is 363 g/mol. The normalized spacial score (nSPS) is 17.1. The zero-order valence-electron chi connectivity index (χ0n) is 15.1. The molecule has 6 nitrogen and oxygen atoms in total. The van der Waals surface area contributed by atoms with E-state index in [0.717, 1.165) is 23.9 Å². The van der Waals surface area contributed by atoms with Crippen LogP contribution in [-0.4, -0.2) is 41.0 Å². The van der Waals surface area contributed by atoms with E-state index in [1.54, 1.807) is 25.4 Å². The van der Waals surface area contributed by atoms with E-state index < -0.39 is 0 Å². The third kappa shape index (κ3) is 3.30. The summed E-state index contributed by atoms with van der Waals surface area (Å²) < 4.78 is 5.33. The molecular formula is C21H21N3O3. The first-order valence-corrected chi connectivity index (χ1v) is 9.07. The number of hydrogen-bond acceptors (Lipinski definition) is 4. The molecule has 1 amide bonds. The summed E-state index contributed by atoms with van der Waals surface area (Å²) >= 11 is 0. The number of piperidine rings is 1. The number of H-pyrrole nitrogens is 1. The van der Waals surface area contributed by atoms with Crippen molar-refractivity contribution in [3.05, 3.63) is 70.3 Å². The summed E-state index contributed by atoms with van der Waals surface area (Å²) in [7, 11) is 1.57. The minimum atomic E-state index is -0.184. The molecule has 0 radical (unpaired) electrons. The highest BCUT2D eigenvalue weighted by molar-refractivity contribution is 5.97. The molecule has 1 aromatic carbocycles. The maximum Gasteiger partial charge on any atom is 0.274 e. The van der Waals surface area contributed by atoms with Gasteiger partial charge in [0.05, 0.1) is 12.7 Å². The van der Waals surface area contributed by atoms with Crippen LogP contribution in [0.2, 0.25) is 0 Å². The fraction of sp³-hybridized carbons (Fsp3) is 0.286. The van der Waals surface area contributed by atoms with Gasteiger partial charge in [0, 0.05) is 36.3 Å². The summed E-state index contributed by atoms with van der Waals surface area (Å²) in [5, 5.41) is 0.824. The first-order chi connectivity index (χ1) is 13.2. The number of aromatic amines is 1. The second kappa shape index (κ2) is 7.23. The Hall–Kier alpha value is -3.15. The lowest BCUT2D eigenvalue weighted by atomic mass is 9.93. The van der Waals surface area contributed by atoms with Gasteiger partial charge in [-0.1, -0.05) is 18.2 Å². The van der Waals surface area contributed by atoms with E-state index in [9.17, 15) is 9.59 Å². The third-order valence-electron chi connectivity index (χ3n) is 5.11. The molecule has 0 aliphatic carbocycles. The highest BCUT2D eigenvalue weighted by atomic mass is 16.5. The summed E-state index contributed by atoms with van der Waals surface area (Å²) in [5.41, 5.74) is 1.69. The Kier molecular flexibility index (Phi) is 4.62. The second-order valence-corrected chi connectivity index (χ2v) is 6.79. The fourth-order valence-electron chi connectivity index (χ4n) is 3.74. The van der Waals surface area contributed by atoms with Gasteiger partial charge in [0.2, 0.25) is 0 Å². The Morgan fingerprint density at radius 3 is 2.96 bits per heavy atom. The van der Waals surface area contributed by atoms with Gasteiger partial charge in [0.1, 0.15) is 11.3 Å². The minimum absolute atomic E-state index is 0.0399. The number of hydrogen-bond donors (Lipinski definition) is 1. The van der Waals surface area contributed by atoms with Crippen LogP contribution in [0.3, 0.4) is 0 Å². The minimum Gasteiger partial charge on any atom is -0.496 e. The van der Waals surface area contributed by atoms with Crippen LogP contribution in [0.5, 0.6) is 5.75 Å². The van der Waals surface area contributed by atoms with Crippen LogP contribution in [-0.2, 0) is 0 Å². The Bertz CT molecular complexity index is 1040. The number of fused-ring (bicyclic) bond motifs is 1. The maximum absolute atomic E-state index is 13.0. The van der Waals surface area contributed by atoms with Gasteiger partial charge in [-0.15, -0.1) is 0 Å². The number of benzene rings is 1. The number of ether oxygens (including phenoxy) is 1. The van der Waals surface area contributed by atoms with E-state index in [0.29, 0.717) is 29.9 Å². The molecule has 0 saturated carbocycles. The zero-order chi connectivity index (χ0) is 18.8. The Morgan fingerprint density at radius 1 is 1.26 bits per heavy atom. The number of likely N-dealkylation sites (tertiary alicyclic amines) is 1. The molecule has 1 aliphatic heterocycles. The molecule has 1 atom stereocenters. The van der Waals surface area contributed by atoms with Crippen LogP contribution in [0.15, 0.2) is 53.5 Å². The fourth-order valence-corrected chi connectivity index (χ4v) is 3.74. The summed E-state index contributed by atoms with van der Waals surface area (Å²) in [5.74, 6) is 0.631. The lowest BCUT2D eigenvalue weighted by molar-refractivity contribution is 0.0702. The second-order valence-electron chi connectivity index (χ2n) is 6.79. The third-order valence-corrected chi connectivity index (χ3v) is 5.11. The molecule has 2 aromatic heterocycles. The topological polar surface area (TPSA) is 75.3 Å². The van der Waals surface area contributed by atoms with Crippen LogP contribution < -0.4 is 10.3 Å². The van der Waals surface area contributed by atoms with Crippen LogP contribution in [0.1, 0.15) is 34.8 Å². The monoisotopic (exact) mass is 363 g/mol. The van der Waals surface area contributed by atoms with E-state index in [4.69, 9.17) is 4.74 Å². The van der Waals surface area contributed by atoms with E-state index in [-0.39, 0.29) is 17.4 Å². The van der Waals surface area contributed by atoms with E-state index >= 15 is 0 Å². The number of amides is 1. The van der Waals surface area contributed by atoms with Crippen molar-refractivity contribution in [1.29, 1.82) is 0 Å². The summed E-state index contributed by atoms with van der Waals surface area (Å²) in [4.78, 5) is 34.3. The van der Waals surface area contributed by atoms with E-state index in [1.807, 2.05) is 35.2 Å². The van der Waals surface area contributed by atoms with Gasteiger partial charge < -0.3 is 14.6 Å². The number of carbonyl (C=O) groups excluding carboxylic acids is 1. The first kappa shape index (κ1) is 17.3. The van der Waals surface area contributed by atoms with Crippen molar-refractivity contribution in [2.24, 2.45) is 0 Å². The lowest BCUT2D eigenvalue weighted by Gasteiger charge is -2.33. The molecule has 3 heterocycles. The number of aromatic nitrogens is 2. The molecule has 3 aromatic rings. The number of para-hydroxylation sites is 1. The van der Waals surface area contributed by atoms with Gasteiger partial charge in [-0.2, -0.15) is 0 Å². The standard InChI is InChI=1S/C21H21N3O3/c1-27-18-9-3-2-8-16(18)21(26)24-11-5-7-15(13-24)17-12-14-6-4-10-22-19(14)20(25)23-17/h2-4,6,8-10,12,15H,5,7,11,13H2,1H3,(H,23,25). The van der Waals surface area contributed by atoms with Crippen LogP contribution in [0.25, 0.3) is 10.9 Å². The first-order valence-electron chi connectivity index (χ1n) is 9.07. The lowest BCUT2D eigenvalue weighted by Crippen LogP contribution is -2.39. The molecule has 0 spiro atoms. The number of rotatable bonds is 3. The van der Waals surface area contributed by atoms with Crippen molar-refractivity contribution in [2.45, 2.75) is 18.8 Å². The van der Waals surface area contributed by atoms with Crippen LogP contribution in [0.4, 0.5) is 0 Å². The SMILES string of the molecule is COc1ccccc1C(=O)N1CCCC(c2cc3cccnc3c(=O)[nH]2)C1. The van der Waals surface area contributed by atoms with Crippen molar-refractivity contribution in [2.75, 3.05) is 20.2 Å². The van der Waals surface area contributed by atoms with Crippen molar-refractivity contribution in [3.63, 3.8) is 0 Å². The number of nitrogens with one attached hydrogen (secondary N) is 1. The molecule has 1 saturated heterocycles. The summed E-state index contributed by atoms with van der Waals surface area (Å²) in [6.45, 7) is 1.27. The highest BCUT2D eigenvalue weighted by Gasteiger charge is 2.27. The predicted molar refractivity (Wildman–Crippen MR) is 103 cm³/mol. The molecular weight excluding hydrogens is 342 g/mol. The molecule has 138 valence electrons. The predicted octanol–water partition coefficient (Wildman–Crippen LogP) is 2.95. The largest absolute Gasteiger partial charge is 0.496 e. The van der Waals surface area contributed by atoms with Gasteiger partial charge in [-0.25, -0.2) is 0 Å². The van der Waals surface area contributed by atoms with Crippen molar-refractivity contribution < 1.29 is 9.53 Å². The molecule has 27 heavy (non-hydrogen) atoms. The Labute approximate surface area is 156 Å². The average Bonchev–Trinajstić information content (AvgIpc) is 2.73. The molecule has 1 N–H and O–H groups in total. The van der Waals surface area contributed by atoms with Gasteiger partial charge in [0.15, 0.2) is 0 Å². The quantitative estimate of drug-likeness (QED) is 0.776. The highest BCUT2D eigenvalue weighted by Crippen LogP contribution is 2.28. The van der Waals surface area contributed by atoms with Gasteiger partial charge >= 0.3 is 0 Å². The van der Waals surface area contributed by atoms with Crippen LogP contribution in [0, 0.1) is 0 Å². The number of carbonyl (C=O) groups is 1. The Balaban J connectivity index is 1.62. The zero-order valence-corrected chi connectivity index (χ0v) is 15.1. The molecule has 0 bridgehead atoms. The van der Waals surface area contributed by atoms with Crippen molar-refractivity contribution in [3.8, 4) is 5.75 Å². The number of nitrogens with zero attached hydrogens (tertiary/aromatic N) is 2. The molecule has 6 heteroatoms. The van der Waals surface area contributed by atoms with Gasteiger partial charge in [0.25, 0.3) is 11.5 Å². The number of pyridine rings is 2. The van der Waals surface area contributed by atoms with E-state index in [1.165, 1.54) is 0 Å². The summed E-state index contributed by atoms with van der Waals surface area (Å²) in [6.07, 6.45) is 3.43. The van der Waals surface area contributed by atoms with E-state index in [2.05, 4.69) is 9.97 Å². The summed E-state index contributed by atoms with van der Waals surface area (Å²) in [6, 6.07) is 13.0. The van der Waals surface area contributed by atoms with Crippen molar-refractivity contribution in [1.82, 2.24) is 14.9 Å². The van der Waals surface area contributed by atoms with Gasteiger partial charge in [-0.3, -0.25) is 14.6 Å². The Morgan fingerprint density at radius 2 is 2.11 bits per heavy atom. The van der Waals surface area contributed by atoms with Gasteiger partial charge in [-0.05, 0) is 37.1 Å². The number of methoxy groups -OCH3 is 1. The molecule has 4 rings (SSSR count). The molecule has 1 aliphatic rings. The van der Waals surface area contributed by atoms with Crippen LogP contribution >= 0.6 is 0 Å². The molecule has 1 unspecified atom stereocenters. The molecule has 1 fully saturated rings. The van der Waals surface area contributed by atoms with Crippen molar-refractivity contribution >= 4 is 16.8 Å². The smallest absolute Gasteiger partial charge is 0.274 e. The maximum atomic E-state index is 13.0.